The Bertz CT molecular complexity index is 895. The Kier molecular flexibility index (Phi) is 4.54. The minimum Gasteiger partial charge on any atom is -0.366 e. The number of carbonyl (C=O) groups is 1. The standard InChI is InChI=1S/C19H19ClN4OS/c1-10-9-26-24-18(10)12-3-11-4-13(7-22-8-15(11)16(20)5-12)23-19(25)14-6-17(14)21-2/h3,5,7-9,11,14,17,22H,2,4,6H2,1H3,(H,23,25)/t11?,14?,17-/m1/s1. The molecule has 5 nitrogen and oxygen atoms in total. The van der Waals surface area contributed by atoms with Gasteiger partial charge in [0.15, 0.2) is 0 Å². The lowest BCUT2D eigenvalue weighted by Gasteiger charge is -2.22. The summed E-state index contributed by atoms with van der Waals surface area (Å²) in [6, 6.07) is 0.0641. The zero-order valence-corrected chi connectivity index (χ0v) is 15.9. The van der Waals surface area contributed by atoms with Gasteiger partial charge in [-0.1, -0.05) is 17.7 Å². The third kappa shape index (κ3) is 3.27. The fraction of sp³-hybridized carbons (Fsp3) is 0.316. The zero-order chi connectivity index (χ0) is 18.3. The van der Waals surface area contributed by atoms with Crippen molar-refractivity contribution in [3.8, 4) is 0 Å². The van der Waals surface area contributed by atoms with Crippen LogP contribution in [0.4, 0.5) is 0 Å². The lowest BCUT2D eigenvalue weighted by molar-refractivity contribution is -0.121. The summed E-state index contributed by atoms with van der Waals surface area (Å²) < 4.78 is 4.49. The Morgan fingerprint density at radius 3 is 3.04 bits per heavy atom. The van der Waals surface area contributed by atoms with Gasteiger partial charge in [-0.2, -0.15) is 4.37 Å². The molecule has 1 fully saturated rings. The van der Waals surface area contributed by atoms with E-state index in [1.54, 1.807) is 0 Å². The lowest BCUT2D eigenvalue weighted by Crippen LogP contribution is -2.27. The molecule has 0 saturated heterocycles. The molecule has 134 valence electrons. The number of nitrogens with zero attached hydrogens (tertiary/aromatic N) is 2. The molecular formula is C19H19ClN4OS. The number of aryl methyl sites for hydroxylation is 1. The summed E-state index contributed by atoms with van der Waals surface area (Å²) in [6.07, 6.45) is 9.31. The third-order valence-electron chi connectivity index (χ3n) is 4.91. The van der Waals surface area contributed by atoms with Gasteiger partial charge in [-0.3, -0.25) is 9.79 Å². The topological polar surface area (TPSA) is 66.4 Å². The van der Waals surface area contributed by atoms with Crippen molar-refractivity contribution in [3.05, 3.63) is 57.5 Å². The molecule has 1 saturated carbocycles. The van der Waals surface area contributed by atoms with Crippen LogP contribution in [-0.4, -0.2) is 23.0 Å². The Labute approximate surface area is 161 Å². The first-order valence-corrected chi connectivity index (χ1v) is 9.71. The highest BCUT2D eigenvalue weighted by Gasteiger charge is 2.42. The molecule has 0 bridgehead atoms. The molecule has 7 heteroatoms. The van der Waals surface area contributed by atoms with E-state index in [1.807, 2.05) is 30.8 Å². The van der Waals surface area contributed by atoms with E-state index in [9.17, 15) is 4.79 Å². The van der Waals surface area contributed by atoms with Crippen molar-refractivity contribution in [2.45, 2.75) is 25.8 Å². The fourth-order valence-corrected chi connectivity index (χ4v) is 4.33. The normalized spacial score (nSPS) is 26.9. The molecule has 3 atom stereocenters. The predicted molar refractivity (Wildman–Crippen MR) is 106 cm³/mol. The van der Waals surface area contributed by atoms with Crippen molar-refractivity contribution < 1.29 is 4.79 Å². The monoisotopic (exact) mass is 386 g/mol. The molecule has 3 aliphatic rings. The number of amides is 1. The number of hydrogen-bond donors (Lipinski definition) is 2. The smallest absolute Gasteiger partial charge is 0.229 e. The maximum atomic E-state index is 12.3. The molecule has 1 aliphatic heterocycles. The number of carbonyl (C=O) groups excluding carboxylic acids is 1. The third-order valence-corrected chi connectivity index (χ3v) is 5.98. The molecule has 2 heterocycles. The molecule has 2 N–H and O–H groups in total. The van der Waals surface area contributed by atoms with Crippen LogP contribution in [0.2, 0.25) is 0 Å². The Morgan fingerprint density at radius 1 is 1.50 bits per heavy atom. The van der Waals surface area contributed by atoms with Gasteiger partial charge in [0, 0.05) is 34.4 Å². The summed E-state index contributed by atoms with van der Waals surface area (Å²) in [5.74, 6) is 0.0382. The Balaban J connectivity index is 1.53. The van der Waals surface area contributed by atoms with Crippen molar-refractivity contribution in [2.75, 3.05) is 0 Å². The summed E-state index contributed by atoms with van der Waals surface area (Å²) >= 11 is 7.98. The molecule has 1 aromatic heterocycles. The highest BCUT2D eigenvalue weighted by molar-refractivity contribution is 7.03. The van der Waals surface area contributed by atoms with Gasteiger partial charge < -0.3 is 10.6 Å². The van der Waals surface area contributed by atoms with E-state index in [1.165, 1.54) is 11.5 Å². The highest BCUT2D eigenvalue weighted by Crippen LogP contribution is 2.39. The second-order valence-electron chi connectivity index (χ2n) is 6.79. The summed E-state index contributed by atoms with van der Waals surface area (Å²) in [5, 5.41) is 8.89. The van der Waals surface area contributed by atoms with E-state index in [0.717, 1.165) is 34.5 Å². The lowest BCUT2D eigenvalue weighted by atomic mass is 9.87. The SMILES string of the molecule is C=N[C@@H]1CC1C(=O)NC1=CNC=C2C(Cl)=CC(c3nscc3C)=CC2C1. The second-order valence-corrected chi connectivity index (χ2v) is 7.82. The molecule has 4 rings (SSSR count). The van der Waals surface area contributed by atoms with Gasteiger partial charge in [0.1, 0.15) is 0 Å². The zero-order valence-electron chi connectivity index (χ0n) is 14.3. The molecule has 1 aromatic rings. The maximum Gasteiger partial charge on any atom is 0.229 e. The molecule has 1 amide bonds. The van der Waals surface area contributed by atoms with Crippen molar-refractivity contribution in [2.24, 2.45) is 16.8 Å². The second kappa shape index (κ2) is 6.85. The summed E-state index contributed by atoms with van der Waals surface area (Å²) in [7, 11) is 0. The minimum atomic E-state index is -0.0531. The van der Waals surface area contributed by atoms with Crippen LogP contribution in [0.25, 0.3) is 5.57 Å². The molecule has 0 radical (unpaired) electrons. The molecule has 2 unspecified atom stereocenters. The molecular weight excluding hydrogens is 368 g/mol. The average molecular weight is 387 g/mol. The predicted octanol–water partition coefficient (Wildman–Crippen LogP) is 3.51. The number of aromatic nitrogens is 1. The van der Waals surface area contributed by atoms with Crippen molar-refractivity contribution in [3.63, 3.8) is 0 Å². The van der Waals surface area contributed by atoms with E-state index in [-0.39, 0.29) is 23.8 Å². The average Bonchev–Trinajstić information content (AvgIpc) is 3.33. The van der Waals surface area contributed by atoms with Gasteiger partial charge in [-0.05, 0) is 60.8 Å². The Morgan fingerprint density at radius 2 is 2.35 bits per heavy atom. The van der Waals surface area contributed by atoms with Crippen molar-refractivity contribution in [1.29, 1.82) is 0 Å². The number of allylic oxidation sites excluding steroid dienone is 6. The van der Waals surface area contributed by atoms with Crippen LogP contribution in [0, 0.1) is 18.8 Å². The van der Waals surface area contributed by atoms with E-state index in [2.05, 4.69) is 32.8 Å². The first-order valence-electron chi connectivity index (χ1n) is 8.49. The highest BCUT2D eigenvalue weighted by atomic mass is 35.5. The van der Waals surface area contributed by atoms with Crippen LogP contribution in [0.15, 0.2) is 51.2 Å². The Hall–Kier alpha value is -2.18. The number of fused-ring (bicyclic) bond motifs is 1. The van der Waals surface area contributed by atoms with Gasteiger partial charge >= 0.3 is 0 Å². The number of hydrogen-bond acceptors (Lipinski definition) is 5. The van der Waals surface area contributed by atoms with Crippen LogP contribution < -0.4 is 10.6 Å². The van der Waals surface area contributed by atoms with Gasteiger partial charge in [0.25, 0.3) is 0 Å². The molecule has 26 heavy (non-hydrogen) atoms. The number of halogens is 1. The van der Waals surface area contributed by atoms with Crippen molar-refractivity contribution in [1.82, 2.24) is 15.0 Å². The van der Waals surface area contributed by atoms with E-state index >= 15 is 0 Å². The van der Waals surface area contributed by atoms with Gasteiger partial charge in [0.05, 0.1) is 17.7 Å². The van der Waals surface area contributed by atoms with E-state index in [4.69, 9.17) is 11.6 Å². The first-order chi connectivity index (χ1) is 12.6. The number of rotatable bonds is 4. The first kappa shape index (κ1) is 17.2. The van der Waals surface area contributed by atoms with Gasteiger partial charge in [-0.25, -0.2) is 0 Å². The summed E-state index contributed by atoms with van der Waals surface area (Å²) in [4.78, 5) is 16.3. The quantitative estimate of drug-likeness (QED) is 0.778. The van der Waals surface area contributed by atoms with Crippen LogP contribution in [0.3, 0.4) is 0 Å². The summed E-state index contributed by atoms with van der Waals surface area (Å²) in [6.45, 7) is 5.57. The largest absolute Gasteiger partial charge is 0.366 e. The molecule has 0 spiro atoms. The number of aliphatic imine (C=N–C) groups is 1. The van der Waals surface area contributed by atoms with E-state index < -0.39 is 0 Å². The van der Waals surface area contributed by atoms with Gasteiger partial charge in [-0.15, -0.1) is 0 Å². The minimum absolute atomic E-state index is 0.0101. The number of nitrogens with one attached hydrogen (secondary N) is 2. The fourth-order valence-electron chi connectivity index (χ4n) is 3.34. The van der Waals surface area contributed by atoms with Crippen LogP contribution in [0.5, 0.6) is 0 Å². The van der Waals surface area contributed by atoms with Crippen LogP contribution >= 0.6 is 23.1 Å². The maximum absolute atomic E-state index is 12.3. The van der Waals surface area contributed by atoms with E-state index in [0.29, 0.717) is 11.5 Å². The van der Waals surface area contributed by atoms with Crippen LogP contribution in [-0.2, 0) is 4.79 Å². The van der Waals surface area contributed by atoms with Gasteiger partial charge in [0.2, 0.25) is 5.91 Å². The molecule has 2 aliphatic carbocycles. The molecule has 0 aromatic carbocycles. The summed E-state index contributed by atoms with van der Waals surface area (Å²) in [5.41, 5.74) is 5.00. The van der Waals surface area contributed by atoms with Crippen LogP contribution in [0.1, 0.15) is 24.1 Å². The van der Waals surface area contributed by atoms with Crippen molar-refractivity contribution >= 4 is 41.3 Å².